The molecule has 0 heterocycles. The minimum Gasteiger partial charge on any atom is -0.373 e. The van der Waals surface area contributed by atoms with Crippen molar-refractivity contribution in [3.63, 3.8) is 0 Å². The first-order valence-corrected chi connectivity index (χ1v) is 12.0. The van der Waals surface area contributed by atoms with Crippen LogP contribution in [0, 0.1) is 0 Å². The number of rotatable bonds is 6. The molecule has 0 radical (unpaired) electrons. The van der Waals surface area contributed by atoms with E-state index in [2.05, 4.69) is 0 Å². The maximum Gasteiger partial charge on any atom is 0.426 e. The molecular formula is C18H17ClF3NO6S2. The van der Waals surface area contributed by atoms with Crippen molar-refractivity contribution in [2.45, 2.75) is 40.3 Å². The quantitative estimate of drug-likeness (QED) is 0.630. The summed E-state index contributed by atoms with van der Waals surface area (Å²) in [6.45, 7) is 1.70. The summed E-state index contributed by atoms with van der Waals surface area (Å²) in [6.07, 6.45) is -5.25. The van der Waals surface area contributed by atoms with Crippen LogP contribution in [0.2, 0.25) is 5.02 Å². The van der Waals surface area contributed by atoms with E-state index >= 15 is 0 Å². The van der Waals surface area contributed by atoms with Gasteiger partial charge in [-0.05, 0) is 49.4 Å². The summed E-state index contributed by atoms with van der Waals surface area (Å²) >= 11 is 5.91. The van der Waals surface area contributed by atoms with Crippen LogP contribution < -0.4 is 5.32 Å². The van der Waals surface area contributed by atoms with E-state index in [9.17, 15) is 39.9 Å². The Kier molecular flexibility index (Phi) is 6.82. The van der Waals surface area contributed by atoms with Crippen LogP contribution in [-0.2, 0) is 24.5 Å². The maximum atomic E-state index is 12.8. The van der Waals surface area contributed by atoms with E-state index in [0.717, 1.165) is 42.5 Å². The first-order chi connectivity index (χ1) is 14.0. The fourth-order valence-electron chi connectivity index (χ4n) is 2.27. The molecule has 170 valence electrons. The van der Waals surface area contributed by atoms with Crippen molar-refractivity contribution in [1.29, 1.82) is 0 Å². The van der Waals surface area contributed by atoms with Gasteiger partial charge in [0.15, 0.2) is 9.84 Å². The number of sulfone groups is 2. The molecule has 0 bridgehead atoms. The zero-order valence-corrected chi connectivity index (χ0v) is 18.5. The van der Waals surface area contributed by atoms with Crippen LogP contribution in [0.15, 0.2) is 57.2 Å². The third kappa shape index (κ3) is 5.03. The van der Waals surface area contributed by atoms with Crippen LogP contribution in [0.1, 0.15) is 13.8 Å². The average molecular weight is 500 g/mol. The van der Waals surface area contributed by atoms with E-state index in [0.29, 0.717) is 0 Å². The second kappa shape index (κ2) is 8.41. The predicted molar refractivity (Wildman–Crippen MR) is 106 cm³/mol. The molecule has 7 nitrogen and oxygen atoms in total. The van der Waals surface area contributed by atoms with E-state index in [4.69, 9.17) is 11.6 Å². The Morgan fingerprint density at radius 3 is 1.94 bits per heavy atom. The zero-order chi connectivity index (χ0) is 23.8. The molecule has 1 unspecified atom stereocenters. The minimum absolute atomic E-state index is 0.0539. The monoisotopic (exact) mass is 499 g/mol. The third-order valence-electron chi connectivity index (χ3n) is 4.37. The first-order valence-electron chi connectivity index (χ1n) is 8.52. The second-order valence-electron chi connectivity index (χ2n) is 6.54. The lowest BCUT2D eigenvalue weighted by Gasteiger charge is -2.25. The summed E-state index contributed by atoms with van der Waals surface area (Å²) < 4.78 is 87.5. The molecule has 2 N–H and O–H groups in total. The van der Waals surface area contributed by atoms with Crippen molar-refractivity contribution >= 4 is 42.9 Å². The van der Waals surface area contributed by atoms with Gasteiger partial charge in [0.1, 0.15) is 0 Å². The summed E-state index contributed by atoms with van der Waals surface area (Å²) in [6, 6.07) is 7.35. The number of halogens is 4. The van der Waals surface area contributed by atoms with Gasteiger partial charge in [-0.15, -0.1) is 0 Å². The number of hydrogen-bond acceptors (Lipinski definition) is 6. The molecule has 1 amide bonds. The lowest BCUT2D eigenvalue weighted by Crippen LogP contribution is -2.52. The van der Waals surface area contributed by atoms with Crippen molar-refractivity contribution in [1.82, 2.24) is 0 Å². The van der Waals surface area contributed by atoms with E-state index in [1.807, 2.05) is 0 Å². The van der Waals surface area contributed by atoms with Gasteiger partial charge in [-0.1, -0.05) is 18.5 Å². The molecule has 2 rings (SSSR count). The predicted octanol–water partition coefficient (Wildman–Crippen LogP) is 3.22. The molecule has 31 heavy (non-hydrogen) atoms. The molecule has 0 spiro atoms. The summed E-state index contributed by atoms with van der Waals surface area (Å²) in [5.41, 5.74) is -4.04. The van der Waals surface area contributed by atoms with Gasteiger partial charge in [-0.3, -0.25) is 4.79 Å². The average Bonchev–Trinajstić information content (AvgIpc) is 2.68. The molecule has 0 fully saturated rings. The molecule has 0 saturated heterocycles. The topological polar surface area (TPSA) is 118 Å². The number of nitrogens with one attached hydrogen (secondary N) is 1. The number of hydrogen-bond donors (Lipinski definition) is 2. The van der Waals surface area contributed by atoms with Crippen LogP contribution in [0.5, 0.6) is 0 Å². The molecule has 0 aliphatic carbocycles. The summed E-state index contributed by atoms with van der Waals surface area (Å²) in [5, 5.41) is 10.8. The van der Waals surface area contributed by atoms with Crippen molar-refractivity contribution < 1.29 is 39.9 Å². The fraction of sp³-hybridized carbons (Fsp3) is 0.278. The standard InChI is InChI=1S/C18H17ClF3NO6S2/c1-3-30(26,27)11-4-6-12(7-5-11)31(28,29)13-8-9-15(14(19)10-13)23-16(24)17(2,25)18(20,21)22/h4-10,25H,3H2,1-2H3,(H,23,24). The molecule has 0 aromatic heterocycles. The van der Waals surface area contributed by atoms with Crippen molar-refractivity contribution in [3.05, 3.63) is 47.5 Å². The number of alkyl halides is 3. The number of amides is 1. The molecule has 2 aromatic rings. The minimum atomic E-state index is -5.25. The van der Waals surface area contributed by atoms with Gasteiger partial charge >= 0.3 is 6.18 Å². The Hall–Kier alpha value is -2.15. The van der Waals surface area contributed by atoms with Gasteiger partial charge < -0.3 is 10.4 Å². The Bertz CT molecular complexity index is 1210. The van der Waals surface area contributed by atoms with Gasteiger partial charge in [0.2, 0.25) is 15.4 Å². The molecule has 0 aliphatic heterocycles. The number of carbonyl (C=O) groups excluding carboxylic acids is 1. The van der Waals surface area contributed by atoms with Crippen LogP contribution >= 0.6 is 11.6 Å². The van der Waals surface area contributed by atoms with Gasteiger partial charge in [0, 0.05) is 0 Å². The second-order valence-corrected chi connectivity index (χ2v) is 11.2. The lowest BCUT2D eigenvalue weighted by atomic mass is 10.1. The van der Waals surface area contributed by atoms with Crippen LogP contribution in [0.25, 0.3) is 0 Å². The molecule has 2 aromatic carbocycles. The highest BCUT2D eigenvalue weighted by molar-refractivity contribution is 7.92. The summed E-state index contributed by atoms with van der Waals surface area (Å²) in [7, 11) is -7.68. The summed E-state index contributed by atoms with van der Waals surface area (Å²) in [5.74, 6) is -1.96. The van der Waals surface area contributed by atoms with Crippen LogP contribution in [0.3, 0.4) is 0 Å². The Morgan fingerprint density at radius 1 is 1.00 bits per heavy atom. The zero-order valence-electron chi connectivity index (χ0n) is 16.1. The Balaban J connectivity index is 2.35. The normalized spacial score (nSPS) is 14.7. The Morgan fingerprint density at radius 2 is 1.48 bits per heavy atom. The van der Waals surface area contributed by atoms with Gasteiger partial charge in [-0.2, -0.15) is 13.2 Å². The largest absolute Gasteiger partial charge is 0.426 e. The molecule has 13 heteroatoms. The summed E-state index contributed by atoms with van der Waals surface area (Å²) in [4.78, 5) is 11.1. The number of anilines is 1. The molecule has 1 atom stereocenters. The SMILES string of the molecule is CCS(=O)(=O)c1ccc(S(=O)(=O)c2ccc(NC(=O)C(C)(O)C(F)(F)F)c(Cl)c2)cc1. The van der Waals surface area contributed by atoms with E-state index in [1.165, 1.54) is 6.92 Å². The highest BCUT2D eigenvalue weighted by atomic mass is 35.5. The smallest absolute Gasteiger partial charge is 0.373 e. The maximum absolute atomic E-state index is 12.8. The van der Waals surface area contributed by atoms with Crippen LogP contribution in [0.4, 0.5) is 18.9 Å². The number of benzene rings is 2. The Labute approximate surface area is 181 Å². The molecule has 0 saturated carbocycles. The number of aliphatic hydroxyl groups is 1. The number of carbonyl (C=O) groups is 1. The first kappa shape index (κ1) is 25.1. The lowest BCUT2D eigenvalue weighted by molar-refractivity contribution is -0.242. The highest BCUT2D eigenvalue weighted by Crippen LogP contribution is 2.33. The van der Waals surface area contributed by atoms with Gasteiger partial charge in [0.05, 0.1) is 31.1 Å². The van der Waals surface area contributed by atoms with Crippen molar-refractivity contribution in [2.24, 2.45) is 0 Å². The van der Waals surface area contributed by atoms with E-state index in [1.54, 1.807) is 5.32 Å². The molecule has 0 aliphatic rings. The van der Waals surface area contributed by atoms with Crippen molar-refractivity contribution in [3.8, 4) is 0 Å². The third-order valence-corrected chi connectivity index (χ3v) is 8.20. The van der Waals surface area contributed by atoms with E-state index < -0.39 is 42.4 Å². The fourth-order valence-corrected chi connectivity index (χ4v) is 4.73. The molecular weight excluding hydrogens is 483 g/mol. The van der Waals surface area contributed by atoms with Crippen molar-refractivity contribution in [2.75, 3.05) is 11.1 Å². The highest BCUT2D eigenvalue weighted by Gasteiger charge is 2.55. The van der Waals surface area contributed by atoms with Crippen LogP contribution in [-0.4, -0.2) is 45.4 Å². The van der Waals surface area contributed by atoms with E-state index in [-0.39, 0.29) is 33.1 Å². The van der Waals surface area contributed by atoms with Gasteiger partial charge in [0.25, 0.3) is 5.91 Å². The van der Waals surface area contributed by atoms with Gasteiger partial charge in [-0.25, -0.2) is 16.8 Å².